The van der Waals surface area contributed by atoms with Gasteiger partial charge in [0, 0.05) is 50.1 Å². The maximum absolute atomic E-state index is 14.2. The van der Waals surface area contributed by atoms with Crippen LogP contribution in [0.5, 0.6) is 11.5 Å². The number of aliphatic hydroxyl groups is 1. The van der Waals surface area contributed by atoms with Crippen LogP contribution in [0.3, 0.4) is 0 Å². The van der Waals surface area contributed by atoms with Crippen molar-refractivity contribution in [2.24, 2.45) is 5.92 Å². The number of ether oxygens (including phenoxy) is 3. The van der Waals surface area contributed by atoms with Crippen LogP contribution in [-0.2, 0) is 4.74 Å². The third-order valence-electron chi connectivity index (χ3n) is 7.87. The van der Waals surface area contributed by atoms with Gasteiger partial charge in [-0.15, -0.1) is 0 Å². The van der Waals surface area contributed by atoms with Crippen LogP contribution in [0.15, 0.2) is 42.5 Å². The number of methoxy groups -OCH3 is 1. The summed E-state index contributed by atoms with van der Waals surface area (Å²) in [7, 11) is 3.29. The second-order valence-electron chi connectivity index (χ2n) is 12.3. The molecule has 0 radical (unpaired) electrons. The largest absolute Gasteiger partial charge is 0.497 e. The highest BCUT2D eigenvalue weighted by Gasteiger charge is 2.31. The molecule has 0 aliphatic carbocycles. The molecule has 0 bridgehead atoms. The molecule has 3 rings (SSSR count). The minimum atomic E-state index is -0.522. The molecule has 254 valence electrons. The van der Waals surface area contributed by atoms with Crippen molar-refractivity contribution >= 4 is 29.3 Å². The van der Waals surface area contributed by atoms with E-state index in [0.717, 1.165) is 19.3 Å². The number of nitrogens with zero attached hydrogens (tertiary/aromatic N) is 2. The van der Waals surface area contributed by atoms with Crippen molar-refractivity contribution in [3.63, 3.8) is 0 Å². The van der Waals surface area contributed by atoms with Gasteiger partial charge in [0.25, 0.3) is 5.91 Å². The van der Waals surface area contributed by atoms with Gasteiger partial charge in [0.15, 0.2) is 0 Å². The third-order valence-corrected chi connectivity index (χ3v) is 7.87. The molecule has 2 aromatic rings. The van der Waals surface area contributed by atoms with Crippen LogP contribution in [-0.4, -0.2) is 97.6 Å². The summed E-state index contributed by atoms with van der Waals surface area (Å²) in [6.45, 7) is 10.2. The van der Waals surface area contributed by atoms with Crippen molar-refractivity contribution in [2.75, 3.05) is 51.1 Å². The summed E-state index contributed by atoms with van der Waals surface area (Å²) in [5.74, 6) is 0.551. The van der Waals surface area contributed by atoms with Crippen molar-refractivity contribution in [1.82, 2.24) is 15.1 Å². The Morgan fingerprint density at radius 2 is 1.76 bits per heavy atom. The number of fused-ring (bicyclic) bond motifs is 1. The van der Waals surface area contributed by atoms with Gasteiger partial charge >= 0.3 is 12.1 Å². The highest BCUT2D eigenvalue weighted by atomic mass is 16.5. The van der Waals surface area contributed by atoms with Gasteiger partial charge in [-0.25, -0.2) is 9.59 Å². The zero-order valence-corrected chi connectivity index (χ0v) is 28.2. The Morgan fingerprint density at radius 1 is 1.07 bits per heavy atom. The normalized spacial score (nSPS) is 20.1. The van der Waals surface area contributed by atoms with E-state index in [9.17, 15) is 19.5 Å². The summed E-state index contributed by atoms with van der Waals surface area (Å²) in [5, 5.41) is 18.7. The van der Waals surface area contributed by atoms with Crippen molar-refractivity contribution < 1.29 is 33.7 Å². The lowest BCUT2D eigenvalue weighted by atomic mass is 10.0. The molecule has 1 aliphatic heterocycles. The van der Waals surface area contributed by atoms with Crippen LogP contribution in [0.25, 0.3) is 0 Å². The lowest BCUT2D eigenvalue weighted by Gasteiger charge is -2.35. The highest BCUT2D eigenvalue weighted by molar-refractivity contribution is 5.99. The molecular formula is C34H51N5O7. The van der Waals surface area contributed by atoms with E-state index in [4.69, 9.17) is 14.2 Å². The molecule has 1 heterocycles. The fraction of sp³-hybridized carbons (Fsp3) is 0.559. The molecule has 4 N–H and O–H groups in total. The highest BCUT2D eigenvalue weighted by Crippen LogP contribution is 2.28. The standard InChI is InChI=1S/C34H51N5O7/c1-22(2)35-33(42)36-27-13-16-30-29(18-27)32(41)39(24(4)21-40)19-23(3)31(45-17-9-8-10-25(5)46-30)20-38(6)34(43)37-26-11-14-28(44-7)15-12-26/h11-16,18,22-25,31,40H,8-10,17,19-21H2,1-7H3,(H,37,43)(H2,35,36,42)/t23-,24-,25-,31+/m0/s1. The van der Waals surface area contributed by atoms with Crippen LogP contribution in [0.4, 0.5) is 21.0 Å². The van der Waals surface area contributed by atoms with Crippen LogP contribution >= 0.6 is 0 Å². The fourth-order valence-corrected chi connectivity index (χ4v) is 5.14. The van der Waals surface area contributed by atoms with Gasteiger partial charge in [0.05, 0.1) is 37.5 Å². The Balaban J connectivity index is 1.87. The van der Waals surface area contributed by atoms with Crippen molar-refractivity contribution in [2.45, 2.75) is 78.2 Å². The second-order valence-corrected chi connectivity index (χ2v) is 12.3. The maximum Gasteiger partial charge on any atom is 0.321 e. The molecule has 0 aromatic heterocycles. The second kappa shape index (κ2) is 17.6. The number of amides is 5. The summed E-state index contributed by atoms with van der Waals surface area (Å²) in [6.07, 6.45) is 1.83. The van der Waals surface area contributed by atoms with Crippen molar-refractivity contribution in [3.8, 4) is 11.5 Å². The monoisotopic (exact) mass is 641 g/mol. The summed E-state index contributed by atoms with van der Waals surface area (Å²) < 4.78 is 17.8. The lowest BCUT2D eigenvalue weighted by molar-refractivity contribution is -0.0115. The summed E-state index contributed by atoms with van der Waals surface area (Å²) in [5.41, 5.74) is 1.36. The first kappa shape index (κ1) is 36.4. The van der Waals surface area contributed by atoms with Gasteiger partial charge in [-0.3, -0.25) is 4.79 Å². The summed E-state index contributed by atoms with van der Waals surface area (Å²) >= 11 is 0. The first-order valence-corrected chi connectivity index (χ1v) is 16.0. The van der Waals surface area contributed by atoms with Crippen molar-refractivity contribution in [1.29, 1.82) is 0 Å². The Kier molecular flexibility index (Phi) is 13.9. The molecule has 0 saturated carbocycles. The average Bonchev–Trinajstić information content (AvgIpc) is 3.02. The number of likely N-dealkylation sites (N-methyl/N-ethyl adjacent to an activating group) is 1. The van der Waals surface area contributed by atoms with Gasteiger partial charge in [0.2, 0.25) is 0 Å². The SMILES string of the molecule is COc1ccc(NC(=O)N(C)C[C@H]2OCCCC[C@H](C)Oc3ccc(NC(=O)NC(C)C)cc3C(=O)N([C@@H](C)CO)C[C@@H]2C)cc1. The number of rotatable bonds is 8. The van der Waals surface area contributed by atoms with Gasteiger partial charge in [-0.2, -0.15) is 0 Å². The molecular weight excluding hydrogens is 590 g/mol. The third kappa shape index (κ3) is 10.8. The number of nitrogens with one attached hydrogen (secondary N) is 3. The zero-order chi connectivity index (χ0) is 33.8. The maximum atomic E-state index is 14.2. The number of anilines is 2. The predicted octanol–water partition coefficient (Wildman–Crippen LogP) is 5.18. The van der Waals surface area contributed by atoms with Crippen LogP contribution in [0.2, 0.25) is 0 Å². The van der Waals surface area contributed by atoms with E-state index >= 15 is 0 Å². The van der Waals surface area contributed by atoms with E-state index in [0.29, 0.717) is 29.5 Å². The van der Waals surface area contributed by atoms with Crippen LogP contribution < -0.4 is 25.4 Å². The minimum Gasteiger partial charge on any atom is -0.497 e. The molecule has 0 saturated heterocycles. The molecule has 12 heteroatoms. The summed E-state index contributed by atoms with van der Waals surface area (Å²) in [4.78, 5) is 43.0. The van der Waals surface area contributed by atoms with E-state index in [1.165, 1.54) is 0 Å². The van der Waals surface area contributed by atoms with Gasteiger partial charge in [-0.1, -0.05) is 6.92 Å². The first-order chi connectivity index (χ1) is 21.9. The quantitative estimate of drug-likeness (QED) is 0.311. The van der Waals surface area contributed by atoms with Gasteiger partial charge < -0.3 is 45.1 Å². The number of hydrogen-bond donors (Lipinski definition) is 4. The van der Waals surface area contributed by atoms with Crippen LogP contribution in [0, 0.1) is 5.92 Å². The van der Waals surface area contributed by atoms with Crippen molar-refractivity contribution in [3.05, 3.63) is 48.0 Å². The van der Waals surface area contributed by atoms with Crippen LogP contribution in [0.1, 0.15) is 64.2 Å². The topological polar surface area (TPSA) is 142 Å². The molecule has 4 atom stereocenters. The number of carbonyl (C=O) groups is 3. The number of urea groups is 2. The minimum absolute atomic E-state index is 0.0618. The Bertz CT molecular complexity index is 1290. The molecule has 0 fully saturated rings. The molecule has 0 unspecified atom stereocenters. The number of benzene rings is 2. The number of aliphatic hydroxyl groups excluding tert-OH is 1. The zero-order valence-electron chi connectivity index (χ0n) is 28.2. The lowest BCUT2D eigenvalue weighted by Crippen LogP contribution is -2.48. The van der Waals surface area contributed by atoms with Gasteiger partial charge in [0.1, 0.15) is 11.5 Å². The van der Waals surface area contributed by atoms with E-state index < -0.39 is 12.1 Å². The Hall–Kier alpha value is -4.03. The predicted molar refractivity (Wildman–Crippen MR) is 179 cm³/mol. The molecule has 5 amide bonds. The first-order valence-electron chi connectivity index (χ1n) is 16.0. The van der Waals surface area contributed by atoms with E-state index in [-0.39, 0.29) is 61.3 Å². The molecule has 46 heavy (non-hydrogen) atoms. The number of carbonyl (C=O) groups excluding carboxylic acids is 3. The fourth-order valence-electron chi connectivity index (χ4n) is 5.14. The smallest absolute Gasteiger partial charge is 0.321 e. The Morgan fingerprint density at radius 3 is 2.41 bits per heavy atom. The molecule has 2 aromatic carbocycles. The van der Waals surface area contributed by atoms with Gasteiger partial charge in [-0.05, 0) is 89.4 Å². The Labute approximate surface area is 272 Å². The van der Waals surface area contributed by atoms with E-state index in [2.05, 4.69) is 16.0 Å². The number of hydrogen-bond acceptors (Lipinski definition) is 7. The molecule has 0 spiro atoms. The average molecular weight is 642 g/mol. The summed E-state index contributed by atoms with van der Waals surface area (Å²) in [6, 6.07) is 10.9. The molecule has 1 aliphatic rings. The van der Waals surface area contributed by atoms with E-state index in [1.54, 1.807) is 73.3 Å². The molecule has 12 nitrogen and oxygen atoms in total. The van der Waals surface area contributed by atoms with E-state index in [1.807, 2.05) is 27.7 Å².